The zero-order valence-corrected chi connectivity index (χ0v) is 26.7. The zero-order valence-electron chi connectivity index (χ0n) is 25.9. The first kappa shape index (κ1) is 31.9. The van der Waals surface area contributed by atoms with Gasteiger partial charge in [-0.2, -0.15) is 13.2 Å². The van der Waals surface area contributed by atoms with Crippen LogP contribution in [0.3, 0.4) is 0 Å². The largest absolute Gasteiger partial charge is 0.508 e. The molecule has 0 radical (unpaired) electrons. The number of carbonyl (C=O) groups excluding carboxylic acids is 2. The number of nitrogens with zero attached hydrogens (tertiary/aromatic N) is 4. The average Bonchev–Trinajstić information content (AvgIpc) is 3.53. The highest BCUT2D eigenvalue weighted by Gasteiger charge is 2.49. The molecule has 3 aromatic rings. The molecule has 10 nitrogen and oxygen atoms in total. The Bertz CT molecular complexity index is 1660. The summed E-state index contributed by atoms with van der Waals surface area (Å²) in [5.41, 5.74) is 2.63. The Labute approximate surface area is 268 Å². The second-order valence-corrected chi connectivity index (χ2v) is 14.6. The number of urea groups is 1. The predicted octanol–water partition coefficient (Wildman–Crippen LogP) is 6.18. The molecule has 1 saturated heterocycles. The number of aromatic hydroxyl groups is 2. The minimum atomic E-state index is -4.95. The van der Waals surface area contributed by atoms with E-state index in [0.29, 0.717) is 39.7 Å². The van der Waals surface area contributed by atoms with E-state index < -0.39 is 23.5 Å². The SMILES string of the molecule is CC(C)(C)CN1CCC2(CC1)CN(c1ccccc1NC(=O)Nc1nc3c(s1)CN(C(=O)C(F)(F)F)CC3)c1c(O)ccc(O)c12. The number of amides is 3. The van der Waals surface area contributed by atoms with Crippen LogP contribution >= 0.6 is 11.3 Å². The van der Waals surface area contributed by atoms with E-state index >= 15 is 0 Å². The van der Waals surface area contributed by atoms with Crippen LogP contribution in [0.25, 0.3) is 0 Å². The first-order valence-electron chi connectivity index (χ1n) is 15.2. The summed E-state index contributed by atoms with van der Waals surface area (Å²) in [6.45, 7) is 9.47. The molecule has 1 fully saturated rings. The Morgan fingerprint density at radius 2 is 1.70 bits per heavy atom. The van der Waals surface area contributed by atoms with Crippen molar-refractivity contribution in [1.82, 2.24) is 14.8 Å². The molecule has 0 unspecified atom stereocenters. The lowest BCUT2D eigenvalue weighted by Gasteiger charge is -2.42. The number of anilines is 4. The van der Waals surface area contributed by atoms with E-state index in [0.717, 1.165) is 48.7 Å². The molecule has 46 heavy (non-hydrogen) atoms. The van der Waals surface area contributed by atoms with Crippen LogP contribution in [0.5, 0.6) is 11.5 Å². The van der Waals surface area contributed by atoms with Crippen LogP contribution in [0.1, 0.15) is 49.7 Å². The van der Waals surface area contributed by atoms with E-state index in [1.54, 1.807) is 12.1 Å². The van der Waals surface area contributed by atoms with Gasteiger partial charge in [0.25, 0.3) is 0 Å². The number of benzene rings is 2. The fourth-order valence-corrected chi connectivity index (χ4v) is 7.94. The Hall–Kier alpha value is -4.04. The van der Waals surface area contributed by atoms with E-state index in [1.165, 1.54) is 12.1 Å². The van der Waals surface area contributed by atoms with Gasteiger partial charge in [-0.15, -0.1) is 0 Å². The molecule has 1 spiro atoms. The molecule has 4 N–H and O–H groups in total. The lowest BCUT2D eigenvalue weighted by Crippen LogP contribution is -2.46. The quantitative estimate of drug-likeness (QED) is 0.247. The van der Waals surface area contributed by atoms with Crippen molar-refractivity contribution < 1.29 is 33.0 Å². The molecule has 0 atom stereocenters. The number of phenols is 2. The van der Waals surface area contributed by atoms with Crippen LogP contribution in [-0.2, 0) is 23.2 Å². The number of aromatic nitrogens is 1. The van der Waals surface area contributed by atoms with Gasteiger partial charge < -0.3 is 30.2 Å². The molecule has 3 amide bonds. The van der Waals surface area contributed by atoms with Gasteiger partial charge in [0.05, 0.1) is 29.3 Å². The maximum absolute atomic E-state index is 13.2. The first-order valence-corrected chi connectivity index (χ1v) is 16.0. The number of para-hydroxylation sites is 2. The number of phenolic OH excluding ortho intramolecular Hbond substituents is 2. The Balaban J connectivity index is 1.21. The second-order valence-electron chi connectivity index (χ2n) is 13.5. The fraction of sp³-hybridized carbons (Fsp3) is 0.469. The minimum Gasteiger partial charge on any atom is -0.508 e. The third-order valence-corrected chi connectivity index (χ3v) is 9.83. The van der Waals surface area contributed by atoms with Crippen molar-refractivity contribution in [3.63, 3.8) is 0 Å². The number of alkyl halides is 3. The smallest absolute Gasteiger partial charge is 0.471 e. The number of halogens is 3. The number of thiazole rings is 1. The minimum absolute atomic E-state index is 0.0347. The highest BCUT2D eigenvalue weighted by atomic mass is 32.1. The third-order valence-electron chi connectivity index (χ3n) is 8.83. The van der Waals surface area contributed by atoms with E-state index in [-0.39, 0.29) is 41.6 Å². The van der Waals surface area contributed by atoms with Gasteiger partial charge in [-0.05, 0) is 55.6 Å². The van der Waals surface area contributed by atoms with Gasteiger partial charge >= 0.3 is 18.1 Å². The summed E-state index contributed by atoms with van der Waals surface area (Å²) in [5.74, 6) is -1.73. The molecule has 246 valence electrons. The van der Waals surface area contributed by atoms with Gasteiger partial charge in [-0.25, -0.2) is 9.78 Å². The van der Waals surface area contributed by atoms with Crippen LogP contribution in [0.15, 0.2) is 36.4 Å². The molecular formula is C32H37F3N6O4S. The van der Waals surface area contributed by atoms with Crippen LogP contribution in [0, 0.1) is 5.41 Å². The fourth-order valence-electron chi connectivity index (χ4n) is 6.92. The van der Waals surface area contributed by atoms with Crippen LogP contribution in [-0.4, -0.2) is 75.8 Å². The molecule has 2 aromatic carbocycles. The number of carbonyl (C=O) groups is 2. The normalized spacial score (nSPS) is 18.0. The van der Waals surface area contributed by atoms with E-state index in [2.05, 4.69) is 41.3 Å². The van der Waals surface area contributed by atoms with Crippen LogP contribution < -0.4 is 15.5 Å². The van der Waals surface area contributed by atoms with E-state index in [1.807, 2.05) is 17.0 Å². The molecule has 0 bridgehead atoms. The number of hydrogen-bond donors (Lipinski definition) is 4. The van der Waals surface area contributed by atoms with Crippen LogP contribution in [0.2, 0.25) is 0 Å². The van der Waals surface area contributed by atoms with Gasteiger partial charge in [-0.3, -0.25) is 10.1 Å². The van der Waals surface area contributed by atoms with Crippen molar-refractivity contribution >= 4 is 45.5 Å². The second kappa shape index (κ2) is 11.6. The highest BCUT2D eigenvalue weighted by molar-refractivity contribution is 7.15. The monoisotopic (exact) mass is 658 g/mol. The van der Waals surface area contributed by atoms with E-state index in [9.17, 15) is 33.0 Å². The lowest BCUT2D eigenvalue weighted by atomic mass is 9.73. The summed E-state index contributed by atoms with van der Waals surface area (Å²) in [4.78, 5) is 34.9. The maximum atomic E-state index is 13.2. The molecule has 0 saturated carbocycles. The van der Waals surface area contributed by atoms with Crippen molar-refractivity contribution in [2.24, 2.45) is 5.41 Å². The number of hydrogen-bond acceptors (Lipinski definition) is 8. The highest BCUT2D eigenvalue weighted by Crippen LogP contribution is 2.57. The van der Waals surface area contributed by atoms with Crippen molar-refractivity contribution in [3.05, 3.63) is 52.5 Å². The first-order chi connectivity index (χ1) is 21.6. The molecule has 1 aromatic heterocycles. The van der Waals surface area contributed by atoms with Gasteiger partial charge in [0.15, 0.2) is 5.13 Å². The molecule has 0 aliphatic carbocycles. The number of likely N-dealkylation sites (tertiary alicyclic amines) is 1. The average molecular weight is 659 g/mol. The number of fused-ring (bicyclic) bond motifs is 3. The summed E-state index contributed by atoms with van der Waals surface area (Å²) in [5, 5.41) is 28.0. The van der Waals surface area contributed by atoms with Crippen molar-refractivity contribution in [2.75, 3.05) is 48.3 Å². The maximum Gasteiger partial charge on any atom is 0.471 e. The third kappa shape index (κ3) is 6.19. The number of rotatable bonds is 4. The summed E-state index contributed by atoms with van der Waals surface area (Å²) in [7, 11) is 0. The molecule has 14 heteroatoms. The van der Waals surface area contributed by atoms with Gasteiger partial charge in [0, 0.05) is 41.9 Å². The van der Waals surface area contributed by atoms with Crippen molar-refractivity contribution in [3.8, 4) is 11.5 Å². The Kier molecular flexibility index (Phi) is 8.08. The summed E-state index contributed by atoms with van der Waals surface area (Å²) in [6, 6.07) is 9.58. The molecule has 6 rings (SSSR count). The summed E-state index contributed by atoms with van der Waals surface area (Å²) in [6.07, 6.45) is -3.22. The molecule has 3 aliphatic rings. The van der Waals surface area contributed by atoms with Gasteiger partial charge in [-0.1, -0.05) is 44.2 Å². The standard InChI is InChI=1S/C32H37F3N6O4S/c1-30(2,3)17-39-14-11-31(12-15-39)18-41(26-23(43)9-8-22(42)25(26)31)21-7-5-4-6-19(21)36-28(45)38-29-37-20-10-13-40(16-24(20)46-29)27(44)32(33,34)35/h4-9,42-43H,10-18H2,1-3H3,(H2,36,37,38,45). The summed E-state index contributed by atoms with van der Waals surface area (Å²) < 4.78 is 38.8. The lowest BCUT2D eigenvalue weighted by molar-refractivity contribution is -0.186. The number of piperidine rings is 1. The molecule has 3 aliphatic heterocycles. The molecular weight excluding hydrogens is 621 g/mol. The van der Waals surface area contributed by atoms with Crippen molar-refractivity contribution in [1.29, 1.82) is 0 Å². The molecule has 4 heterocycles. The number of nitrogens with one attached hydrogen (secondary N) is 2. The Morgan fingerprint density at radius 3 is 2.39 bits per heavy atom. The van der Waals surface area contributed by atoms with E-state index in [4.69, 9.17) is 0 Å². The summed E-state index contributed by atoms with van der Waals surface area (Å²) >= 11 is 1.03. The zero-order chi connectivity index (χ0) is 33.0. The van der Waals surface area contributed by atoms with Gasteiger partial charge in [0.1, 0.15) is 11.5 Å². The Morgan fingerprint density at radius 1 is 1.00 bits per heavy atom. The van der Waals surface area contributed by atoms with Crippen LogP contribution in [0.4, 0.5) is 40.2 Å². The predicted molar refractivity (Wildman–Crippen MR) is 170 cm³/mol. The van der Waals surface area contributed by atoms with Crippen molar-refractivity contribution in [2.45, 2.75) is 58.2 Å². The topological polar surface area (TPSA) is 121 Å². The van der Waals surface area contributed by atoms with Gasteiger partial charge in [0.2, 0.25) is 0 Å².